The van der Waals surface area contributed by atoms with Crippen molar-refractivity contribution < 1.29 is 29.2 Å². The van der Waals surface area contributed by atoms with Crippen LogP contribution in [0.15, 0.2) is 60.7 Å². The van der Waals surface area contributed by atoms with Gasteiger partial charge in [-0.05, 0) is 0 Å². The van der Waals surface area contributed by atoms with Crippen LogP contribution in [0.2, 0.25) is 0 Å². The van der Waals surface area contributed by atoms with Gasteiger partial charge in [0, 0.05) is 0 Å². The molecular weight excluding hydrogens is 549 g/mol. The molecule has 0 spiro atoms. The second kappa shape index (κ2) is 9.20. The summed E-state index contributed by atoms with van der Waals surface area (Å²) in [6.45, 7) is -0.385. The van der Waals surface area contributed by atoms with Crippen molar-refractivity contribution in [1.82, 2.24) is 0 Å². The number of benzene rings is 2. The van der Waals surface area contributed by atoms with E-state index >= 15 is 0 Å². The fourth-order valence-corrected chi connectivity index (χ4v) is 8.71. The van der Waals surface area contributed by atoms with E-state index in [-0.39, 0.29) is 11.9 Å². The number of rotatable bonds is 8. The van der Waals surface area contributed by atoms with Crippen molar-refractivity contribution in [3.05, 3.63) is 67.8 Å². The first-order valence-electron chi connectivity index (χ1n) is 7.15. The normalized spacial score (nSPS) is 12.5. The minimum atomic E-state index is -5.54. The SMILES string of the molecule is O=C(OCCBr)C(F)(F)S(=O)(=O)OI(c1ccccc1)c1ccccc1. The molecule has 0 saturated carbocycles. The molecule has 5 nitrogen and oxygen atoms in total. The third kappa shape index (κ3) is 4.99. The topological polar surface area (TPSA) is 69.7 Å². The first-order valence-corrected chi connectivity index (χ1v) is 12.7. The van der Waals surface area contributed by atoms with E-state index in [9.17, 15) is 22.0 Å². The van der Waals surface area contributed by atoms with Crippen LogP contribution in [0.1, 0.15) is 0 Å². The van der Waals surface area contributed by atoms with Gasteiger partial charge in [0.15, 0.2) is 0 Å². The first-order chi connectivity index (χ1) is 12.3. The van der Waals surface area contributed by atoms with Gasteiger partial charge in [-0.2, -0.15) is 0 Å². The van der Waals surface area contributed by atoms with Gasteiger partial charge in [-0.25, -0.2) is 0 Å². The Bertz CT molecular complexity index is 795. The fourth-order valence-electron chi connectivity index (χ4n) is 1.70. The second-order valence-electron chi connectivity index (χ2n) is 4.70. The van der Waals surface area contributed by atoms with E-state index < -0.39 is 41.6 Å². The molecule has 26 heavy (non-hydrogen) atoms. The third-order valence-corrected chi connectivity index (χ3v) is 10.5. The monoisotopic (exact) mass is 562 g/mol. The van der Waals surface area contributed by atoms with E-state index in [1.54, 1.807) is 60.7 Å². The molecule has 2 aromatic rings. The summed E-state index contributed by atoms with van der Waals surface area (Å²) in [6, 6.07) is 16.5. The molecule has 142 valence electrons. The molecule has 2 aromatic carbocycles. The Balaban J connectivity index is 2.37. The van der Waals surface area contributed by atoms with Gasteiger partial charge in [-0.1, -0.05) is 0 Å². The summed E-state index contributed by atoms with van der Waals surface area (Å²) in [5.74, 6) is -2.16. The summed E-state index contributed by atoms with van der Waals surface area (Å²) in [6.07, 6.45) is 0. The zero-order valence-electron chi connectivity index (χ0n) is 13.1. The van der Waals surface area contributed by atoms with Gasteiger partial charge in [0.2, 0.25) is 0 Å². The second-order valence-corrected chi connectivity index (χ2v) is 12.0. The summed E-state index contributed by atoms with van der Waals surface area (Å²) in [5.41, 5.74) is 0. The van der Waals surface area contributed by atoms with E-state index in [1.807, 2.05) is 0 Å². The summed E-state index contributed by atoms with van der Waals surface area (Å²) in [7, 11) is -5.54. The molecule has 0 aliphatic carbocycles. The van der Waals surface area contributed by atoms with Gasteiger partial charge in [0.1, 0.15) is 0 Å². The van der Waals surface area contributed by atoms with Crippen molar-refractivity contribution in [2.24, 2.45) is 0 Å². The number of alkyl halides is 3. The van der Waals surface area contributed by atoms with Crippen LogP contribution in [0.3, 0.4) is 0 Å². The van der Waals surface area contributed by atoms with Crippen molar-refractivity contribution in [2.45, 2.75) is 5.25 Å². The molecule has 0 N–H and O–H groups in total. The molecule has 0 aliphatic rings. The predicted octanol–water partition coefficient (Wildman–Crippen LogP) is 4.02. The molecule has 0 aromatic heterocycles. The van der Waals surface area contributed by atoms with Crippen molar-refractivity contribution in [1.29, 1.82) is 0 Å². The van der Waals surface area contributed by atoms with Crippen LogP contribution < -0.4 is 0 Å². The van der Waals surface area contributed by atoms with Crippen molar-refractivity contribution in [2.75, 3.05) is 11.9 Å². The fraction of sp³-hybridized carbons (Fsp3) is 0.188. The predicted molar refractivity (Wildman–Crippen MR) is 104 cm³/mol. The van der Waals surface area contributed by atoms with Crippen LogP contribution in [0.25, 0.3) is 0 Å². The Labute approximate surface area is 165 Å². The van der Waals surface area contributed by atoms with Crippen LogP contribution in [-0.2, 0) is 22.2 Å². The molecule has 0 aliphatic heterocycles. The summed E-state index contributed by atoms with van der Waals surface area (Å²) < 4.78 is 62.8. The molecule has 10 heteroatoms. The van der Waals surface area contributed by atoms with E-state index in [1.165, 1.54) is 0 Å². The third-order valence-electron chi connectivity index (χ3n) is 2.87. The quantitative estimate of drug-likeness (QED) is 0.276. The van der Waals surface area contributed by atoms with E-state index in [4.69, 9.17) is 2.51 Å². The van der Waals surface area contributed by atoms with Gasteiger partial charge in [-0.3, -0.25) is 0 Å². The van der Waals surface area contributed by atoms with E-state index in [0.29, 0.717) is 7.14 Å². The van der Waals surface area contributed by atoms with Gasteiger partial charge < -0.3 is 0 Å². The Morgan fingerprint density at radius 3 is 1.88 bits per heavy atom. The van der Waals surface area contributed by atoms with E-state index in [0.717, 1.165) is 0 Å². The van der Waals surface area contributed by atoms with Crippen LogP contribution in [-0.4, -0.2) is 31.6 Å². The molecular formula is C16H14BrF2IO5S. The molecule has 0 saturated heterocycles. The van der Waals surface area contributed by atoms with Gasteiger partial charge in [0.05, 0.1) is 0 Å². The van der Waals surface area contributed by atoms with Crippen molar-refractivity contribution in [3.8, 4) is 0 Å². The Morgan fingerprint density at radius 1 is 1.00 bits per heavy atom. The summed E-state index contributed by atoms with van der Waals surface area (Å²) in [5, 5.41) is -4.70. The maximum absolute atomic E-state index is 14.1. The van der Waals surface area contributed by atoms with Gasteiger partial charge in [0.25, 0.3) is 0 Å². The number of halogens is 4. The van der Waals surface area contributed by atoms with Crippen LogP contribution >= 0.6 is 36.2 Å². The van der Waals surface area contributed by atoms with Crippen LogP contribution in [0, 0.1) is 7.14 Å². The van der Waals surface area contributed by atoms with Gasteiger partial charge >= 0.3 is 166 Å². The Morgan fingerprint density at radius 2 is 1.46 bits per heavy atom. The number of esters is 1. The molecule has 0 bridgehead atoms. The molecule has 0 unspecified atom stereocenters. The Kier molecular flexibility index (Phi) is 7.50. The summed E-state index contributed by atoms with van der Waals surface area (Å²) >= 11 is -0.344. The molecule has 0 amide bonds. The molecule has 0 radical (unpaired) electrons. The minimum absolute atomic E-state index is 0.0995. The zero-order chi connectivity index (χ0) is 19.2. The number of carbonyl (C=O) groups is 1. The van der Waals surface area contributed by atoms with Crippen LogP contribution in [0.5, 0.6) is 0 Å². The maximum atomic E-state index is 14.1. The average Bonchev–Trinajstić information content (AvgIpc) is 2.65. The number of hydrogen-bond donors (Lipinski definition) is 0. The molecule has 0 atom stereocenters. The number of hydrogen-bond acceptors (Lipinski definition) is 5. The first kappa shape index (κ1) is 21.2. The zero-order valence-corrected chi connectivity index (χ0v) is 17.7. The average molecular weight is 563 g/mol. The number of ether oxygens (including phenoxy) is 1. The van der Waals surface area contributed by atoms with E-state index in [2.05, 4.69) is 20.7 Å². The molecule has 2 rings (SSSR count). The van der Waals surface area contributed by atoms with Crippen molar-refractivity contribution in [3.63, 3.8) is 0 Å². The molecule has 0 heterocycles. The number of carbonyl (C=O) groups excluding carboxylic acids is 1. The van der Waals surface area contributed by atoms with Crippen LogP contribution in [0.4, 0.5) is 8.78 Å². The van der Waals surface area contributed by atoms with Gasteiger partial charge in [-0.15, -0.1) is 0 Å². The Hall–Kier alpha value is -1.11. The standard InChI is InChI=1S/C16H14BrF2IO5S/c17-11-12-24-15(21)16(18,19)26(22,23)25-20(13-7-3-1-4-8-13)14-9-5-2-6-10-14/h1-10H,11-12H2. The van der Waals surface area contributed by atoms with Crippen molar-refractivity contribution >= 4 is 52.3 Å². The summed E-state index contributed by atoms with van der Waals surface area (Å²) in [4.78, 5) is 11.5. The molecule has 0 fully saturated rings.